The Kier molecular flexibility index (Phi) is 12.5. The number of hydrogen-bond donors (Lipinski definition) is 2. The molecule has 0 saturated carbocycles. The maximum atomic E-state index is 14.4. The summed E-state index contributed by atoms with van der Waals surface area (Å²) in [6.07, 6.45) is 1.05. The SMILES string of the molecule is Cc1noc(C)c1S(=O)(=O)N(C)C[C@@H]1OCCCC[C@@H](C)Oc2ccc(NS(=O)(=O)c3ccc(F)cc3)cc2C(=O)N([C@H](C)CO)C[C@H]1C. The number of aryl methyl sites for hydroxylation is 2. The van der Waals surface area contributed by atoms with Crippen LogP contribution in [-0.4, -0.2) is 93.8 Å². The number of aliphatic hydroxyl groups excluding tert-OH is 1. The highest BCUT2D eigenvalue weighted by atomic mass is 32.2. The second kappa shape index (κ2) is 16.0. The first kappa shape index (κ1) is 38.2. The topological polar surface area (TPSA) is 169 Å². The van der Waals surface area contributed by atoms with E-state index >= 15 is 0 Å². The molecule has 3 aromatic rings. The summed E-state index contributed by atoms with van der Waals surface area (Å²) >= 11 is 0. The Hall–Kier alpha value is -3.57. The molecule has 2 N–H and O–H groups in total. The van der Waals surface area contributed by atoms with Crippen LogP contribution in [0.1, 0.15) is 61.8 Å². The van der Waals surface area contributed by atoms with Crippen LogP contribution < -0.4 is 9.46 Å². The normalized spacial score (nSPS) is 20.7. The first-order valence-corrected chi connectivity index (χ1v) is 19.0. The minimum atomic E-state index is -4.13. The Morgan fingerprint density at radius 2 is 1.80 bits per heavy atom. The van der Waals surface area contributed by atoms with Crippen LogP contribution in [-0.2, 0) is 24.8 Å². The molecule has 2 aromatic carbocycles. The predicted octanol–water partition coefficient (Wildman–Crippen LogP) is 4.35. The standard InChI is InChI=1S/C33H45FN4O9S2/c1-21-18-38(22(2)20-39)33(40)29-17-27(36-48(41,42)28-13-10-26(34)11-14-28)12-15-30(29)46-23(3)9-7-8-16-45-31(21)19-37(6)49(43,44)32-24(4)35-47-25(32)5/h10-15,17,21-23,31,36,39H,7-9,16,18-20H2,1-6H3/t21-,22-,23-,31+/m1/s1. The van der Waals surface area contributed by atoms with E-state index in [2.05, 4.69) is 9.88 Å². The van der Waals surface area contributed by atoms with E-state index in [1.54, 1.807) is 13.8 Å². The molecule has 0 fully saturated rings. The number of likely N-dealkylation sites (N-methyl/N-ethyl adjacent to an activating group) is 1. The lowest BCUT2D eigenvalue weighted by Gasteiger charge is -2.35. The number of benzene rings is 2. The number of carbonyl (C=O) groups is 1. The Morgan fingerprint density at radius 1 is 1.10 bits per heavy atom. The molecule has 1 amide bonds. The van der Waals surface area contributed by atoms with Crippen LogP contribution in [0.2, 0.25) is 0 Å². The van der Waals surface area contributed by atoms with E-state index in [0.29, 0.717) is 19.4 Å². The molecule has 0 unspecified atom stereocenters. The number of hydrogen-bond acceptors (Lipinski definition) is 10. The molecule has 1 aliphatic heterocycles. The van der Waals surface area contributed by atoms with Gasteiger partial charge in [0.15, 0.2) is 5.76 Å². The molecule has 16 heteroatoms. The number of aromatic nitrogens is 1. The summed E-state index contributed by atoms with van der Waals surface area (Å²) in [4.78, 5) is 15.6. The number of nitrogens with zero attached hydrogens (tertiary/aromatic N) is 3. The number of aliphatic hydroxyl groups is 1. The summed E-state index contributed by atoms with van der Waals surface area (Å²) in [5.41, 5.74) is 0.379. The van der Waals surface area contributed by atoms with Crippen LogP contribution in [0.5, 0.6) is 5.75 Å². The Labute approximate surface area is 287 Å². The zero-order valence-corrected chi connectivity index (χ0v) is 30.2. The average molecular weight is 725 g/mol. The van der Waals surface area contributed by atoms with Crippen molar-refractivity contribution in [2.45, 2.75) is 81.9 Å². The molecule has 270 valence electrons. The minimum Gasteiger partial charge on any atom is -0.490 e. The average Bonchev–Trinajstić information content (AvgIpc) is 3.40. The monoisotopic (exact) mass is 724 g/mol. The van der Waals surface area contributed by atoms with Crippen molar-refractivity contribution in [1.29, 1.82) is 0 Å². The second-order valence-electron chi connectivity index (χ2n) is 12.5. The maximum absolute atomic E-state index is 14.4. The van der Waals surface area contributed by atoms with Gasteiger partial charge in [-0.15, -0.1) is 0 Å². The first-order valence-electron chi connectivity index (χ1n) is 16.1. The van der Waals surface area contributed by atoms with E-state index in [4.69, 9.17) is 14.0 Å². The summed E-state index contributed by atoms with van der Waals surface area (Å²) in [6, 6.07) is 8.02. The van der Waals surface area contributed by atoms with Gasteiger partial charge in [0.25, 0.3) is 15.9 Å². The van der Waals surface area contributed by atoms with Crippen molar-refractivity contribution in [1.82, 2.24) is 14.4 Å². The van der Waals surface area contributed by atoms with E-state index in [1.165, 1.54) is 41.4 Å². The molecule has 2 heterocycles. The number of nitrogens with one attached hydrogen (secondary N) is 1. The summed E-state index contributed by atoms with van der Waals surface area (Å²) in [5.74, 6) is -1.14. The van der Waals surface area contributed by atoms with Gasteiger partial charge in [0.1, 0.15) is 22.2 Å². The van der Waals surface area contributed by atoms with E-state index in [-0.39, 0.29) is 64.0 Å². The number of rotatable bonds is 9. The third-order valence-electron chi connectivity index (χ3n) is 8.50. The Balaban J connectivity index is 1.69. The van der Waals surface area contributed by atoms with E-state index < -0.39 is 49.8 Å². The van der Waals surface area contributed by atoms with Gasteiger partial charge >= 0.3 is 0 Å². The summed E-state index contributed by atoms with van der Waals surface area (Å²) < 4.78 is 88.0. The van der Waals surface area contributed by atoms with Gasteiger partial charge in [-0.05, 0) is 89.4 Å². The lowest BCUT2D eigenvalue weighted by molar-refractivity contribution is -0.00835. The van der Waals surface area contributed by atoms with E-state index in [1.807, 2.05) is 13.8 Å². The predicted molar refractivity (Wildman–Crippen MR) is 180 cm³/mol. The summed E-state index contributed by atoms with van der Waals surface area (Å²) in [5, 5.41) is 14.0. The first-order chi connectivity index (χ1) is 23.0. The van der Waals surface area contributed by atoms with Crippen molar-refractivity contribution in [2.24, 2.45) is 5.92 Å². The molecule has 4 rings (SSSR count). The highest BCUT2D eigenvalue weighted by Gasteiger charge is 2.34. The minimum absolute atomic E-state index is 0.00861. The van der Waals surface area contributed by atoms with E-state index in [0.717, 1.165) is 30.7 Å². The van der Waals surface area contributed by atoms with E-state index in [9.17, 15) is 31.1 Å². The second-order valence-corrected chi connectivity index (χ2v) is 16.2. The lowest BCUT2D eigenvalue weighted by atomic mass is 10.0. The largest absolute Gasteiger partial charge is 0.490 e. The zero-order chi connectivity index (χ0) is 36.1. The molecule has 0 saturated heterocycles. The Morgan fingerprint density at radius 3 is 2.43 bits per heavy atom. The fourth-order valence-corrected chi connectivity index (χ4v) is 8.14. The molecule has 1 aliphatic rings. The van der Waals surface area contributed by atoms with Crippen LogP contribution in [0.25, 0.3) is 0 Å². The number of carbonyl (C=O) groups excluding carboxylic acids is 1. The third kappa shape index (κ3) is 9.16. The van der Waals surface area contributed by atoms with Gasteiger partial charge in [-0.25, -0.2) is 21.2 Å². The molecule has 1 aromatic heterocycles. The number of fused-ring (bicyclic) bond motifs is 1. The third-order valence-corrected chi connectivity index (χ3v) is 12.0. The molecule has 0 bridgehead atoms. The number of ether oxygens (including phenoxy) is 2. The van der Waals surface area contributed by atoms with Crippen molar-refractivity contribution >= 4 is 31.6 Å². The smallest absolute Gasteiger partial charge is 0.261 e. The highest BCUT2D eigenvalue weighted by molar-refractivity contribution is 7.92. The molecule has 4 atom stereocenters. The molecular formula is C33H45FN4O9S2. The number of sulfonamides is 2. The number of amides is 1. The van der Waals surface area contributed by atoms with Gasteiger partial charge in [-0.3, -0.25) is 9.52 Å². The van der Waals surface area contributed by atoms with Crippen LogP contribution >= 0.6 is 0 Å². The molecule has 0 spiro atoms. The molecule has 13 nitrogen and oxygen atoms in total. The highest BCUT2D eigenvalue weighted by Crippen LogP contribution is 2.30. The molecule has 0 aliphatic carbocycles. The van der Waals surface area contributed by atoms with Crippen LogP contribution in [0, 0.1) is 25.6 Å². The zero-order valence-electron chi connectivity index (χ0n) is 28.5. The number of halogens is 1. The fraction of sp³-hybridized carbons (Fsp3) is 0.515. The van der Waals surface area contributed by atoms with Gasteiger partial charge in [0, 0.05) is 38.3 Å². The van der Waals surface area contributed by atoms with Gasteiger partial charge in [0.2, 0.25) is 10.0 Å². The van der Waals surface area contributed by atoms with Crippen LogP contribution in [0.3, 0.4) is 0 Å². The maximum Gasteiger partial charge on any atom is 0.261 e. The van der Waals surface area contributed by atoms with Crippen molar-refractivity contribution < 1.29 is 45.1 Å². The quantitative estimate of drug-likeness (QED) is 0.324. The van der Waals surface area contributed by atoms with Gasteiger partial charge < -0.3 is 24.0 Å². The lowest BCUT2D eigenvalue weighted by Crippen LogP contribution is -2.48. The molecule has 49 heavy (non-hydrogen) atoms. The molecule has 0 radical (unpaired) electrons. The van der Waals surface area contributed by atoms with Crippen LogP contribution in [0.15, 0.2) is 56.8 Å². The molecular weight excluding hydrogens is 680 g/mol. The van der Waals surface area contributed by atoms with Gasteiger partial charge in [-0.1, -0.05) is 12.1 Å². The van der Waals surface area contributed by atoms with Crippen molar-refractivity contribution in [3.05, 3.63) is 65.3 Å². The Bertz CT molecular complexity index is 1800. The van der Waals surface area contributed by atoms with Gasteiger partial charge in [0.05, 0.1) is 35.3 Å². The summed E-state index contributed by atoms with van der Waals surface area (Å²) in [7, 11) is -6.67. The van der Waals surface area contributed by atoms with Crippen molar-refractivity contribution in [3.63, 3.8) is 0 Å². The summed E-state index contributed by atoms with van der Waals surface area (Å²) in [6.45, 7) is 8.44. The van der Waals surface area contributed by atoms with Crippen molar-refractivity contribution in [3.8, 4) is 5.75 Å². The van der Waals surface area contributed by atoms with Crippen molar-refractivity contribution in [2.75, 3.05) is 38.1 Å². The number of anilines is 1. The van der Waals surface area contributed by atoms with Crippen LogP contribution in [0.4, 0.5) is 10.1 Å². The fourth-order valence-electron chi connectivity index (χ4n) is 5.63. The van der Waals surface area contributed by atoms with Gasteiger partial charge in [-0.2, -0.15) is 4.31 Å².